The van der Waals surface area contributed by atoms with Crippen LogP contribution in [0.5, 0.6) is 0 Å². The van der Waals surface area contributed by atoms with Gasteiger partial charge >= 0.3 is 6.09 Å². The molecule has 0 spiro atoms. The number of rotatable bonds is 3. The molecule has 0 aliphatic carbocycles. The molecule has 0 radical (unpaired) electrons. The normalized spacial score (nSPS) is 11.6. The molecular formula is C14H19N3O3. The van der Waals surface area contributed by atoms with E-state index in [1.54, 1.807) is 6.07 Å². The number of anilines is 1. The van der Waals surface area contributed by atoms with Crippen LogP contribution in [0.25, 0.3) is 10.9 Å². The Morgan fingerprint density at radius 1 is 1.40 bits per heavy atom. The molecule has 0 atom stereocenters. The molecule has 0 saturated carbocycles. The Hall–Kier alpha value is -2.08. The van der Waals surface area contributed by atoms with Crippen molar-refractivity contribution >= 4 is 22.8 Å². The van der Waals surface area contributed by atoms with E-state index < -0.39 is 11.7 Å². The molecule has 0 aliphatic rings. The van der Waals surface area contributed by atoms with Crippen molar-refractivity contribution in [2.45, 2.75) is 26.4 Å². The van der Waals surface area contributed by atoms with E-state index >= 15 is 0 Å². The molecule has 6 nitrogen and oxygen atoms in total. The Morgan fingerprint density at radius 3 is 2.75 bits per heavy atom. The Balaban J connectivity index is 2.40. The number of para-hydroxylation sites is 1. The van der Waals surface area contributed by atoms with Crippen LogP contribution in [0.1, 0.15) is 20.8 Å². The summed E-state index contributed by atoms with van der Waals surface area (Å²) in [7, 11) is 0. The summed E-state index contributed by atoms with van der Waals surface area (Å²) in [5.74, 6) is 0.556. The lowest BCUT2D eigenvalue weighted by atomic mass is 10.2. The van der Waals surface area contributed by atoms with E-state index in [2.05, 4.69) is 10.4 Å². The summed E-state index contributed by atoms with van der Waals surface area (Å²) in [4.78, 5) is 12.2. The molecule has 0 bridgehead atoms. The first-order valence-corrected chi connectivity index (χ1v) is 6.48. The fourth-order valence-electron chi connectivity index (χ4n) is 1.82. The predicted molar refractivity (Wildman–Crippen MR) is 76.9 cm³/mol. The monoisotopic (exact) mass is 277 g/mol. The zero-order chi connectivity index (χ0) is 14.8. The first kappa shape index (κ1) is 14.3. The van der Waals surface area contributed by atoms with Crippen molar-refractivity contribution < 1.29 is 14.6 Å². The maximum absolute atomic E-state index is 12.2. The van der Waals surface area contributed by atoms with Crippen LogP contribution in [-0.2, 0) is 4.74 Å². The number of ether oxygens (including phenoxy) is 1. The summed E-state index contributed by atoms with van der Waals surface area (Å²) in [5, 5.41) is 16.9. The smallest absolute Gasteiger partial charge is 0.435 e. The first-order chi connectivity index (χ1) is 9.42. The molecule has 1 aromatic heterocycles. The van der Waals surface area contributed by atoms with Crippen molar-refractivity contribution in [1.29, 1.82) is 0 Å². The van der Waals surface area contributed by atoms with Crippen molar-refractivity contribution in [2.24, 2.45) is 0 Å². The average Bonchev–Trinajstić information content (AvgIpc) is 2.73. The topological polar surface area (TPSA) is 76.4 Å². The lowest BCUT2D eigenvalue weighted by molar-refractivity contribution is 0.0523. The summed E-state index contributed by atoms with van der Waals surface area (Å²) in [6, 6.07) is 7.37. The number of hydrogen-bond donors (Lipinski definition) is 2. The highest BCUT2D eigenvalue weighted by Gasteiger charge is 2.21. The molecule has 0 amide bonds. The summed E-state index contributed by atoms with van der Waals surface area (Å²) < 4.78 is 6.57. The van der Waals surface area contributed by atoms with Crippen molar-refractivity contribution in [3.63, 3.8) is 0 Å². The third-order valence-electron chi connectivity index (χ3n) is 2.56. The Bertz CT molecular complexity index is 614. The average molecular weight is 277 g/mol. The molecule has 2 rings (SSSR count). The zero-order valence-electron chi connectivity index (χ0n) is 11.9. The maximum Gasteiger partial charge on any atom is 0.435 e. The molecule has 1 aromatic carbocycles. The summed E-state index contributed by atoms with van der Waals surface area (Å²) in [6.07, 6.45) is -0.522. The van der Waals surface area contributed by atoms with E-state index in [1.807, 2.05) is 39.0 Å². The predicted octanol–water partition coefficient (Wildman–Crippen LogP) is 2.22. The highest BCUT2D eigenvalue weighted by Crippen LogP contribution is 2.23. The molecule has 0 unspecified atom stereocenters. The van der Waals surface area contributed by atoms with Gasteiger partial charge in [0.05, 0.1) is 12.1 Å². The molecule has 0 fully saturated rings. The van der Waals surface area contributed by atoms with Gasteiger partial charge in [0.25, 0.3) is 0 Å². The number of nitrogens with zero attached hydrogens (tertiary/aromatic N) is 2. The fourth-order valence-corrected chi connectivity index (χ4v) is 1.82. The number of carbonyl (C=O) groups is 1. The van der Waals surface area contributed by atoms with Gasteiger partial charge in [0.2, 0.25) is 0 Å². The maximum atomic E-state index is 12.2. The van der Waals surface area contributed by atoms with E-state index in [1.165, 1.54) is 4.68 Å². The number of fused-ring (bicyclic) bond motifs is 1. The summed E-state index contributed by atoms with van der Waals surface area (Å²) in [6.45, 7) is 5.79. The molecule has 2 N–H and O–H groups in total. The van der Waals surface area contributed by atoms with Gasteiger partial charge in [0.1, 0.15) is 5.60 Å². The van der Waals surface area contributed by atoms with E-state index in [4.69, 9.17) is 9.84 Å². The zero-order valence-corrected chi connectivity index (χ0v) is 11.9. The van der Waals surface area contributed by atoms with E-state index in [-0.39, 0.29) is 6.61 Å². The van der Waals surface area contributed by atoms with Crippen molar-refractivity contribution in [1.82, 2.24) is 9.78 Å². The van der Waals surface area contributed by atoms with Gasteiger partial charge in [-0.05, 0) is 32.9 Å². The van der Waals surface area contributed by atoms with Gasteiger partial charge in [-0.2, -0.15) is 4.68 Å². The number of aliphatic hydroxyl groups excluding tert-OH is 1. The molecule has 1 heterocycles. The van der Waals surface area contributed by atoms with E-state index in [0.29, 0.717) is 17.9 Å². The second kappa shape index (κ2) is 5.50. The highest BCUT2D eigenvalue weighted by molar-refractivity contribution is 5.95. The Labute approximate surface area is 117 Å². The minimum atomic E-state index is -0.581. The van der Waals surface area contributed by atoms with Gasteiger partial charge in [0.15, 0.2) is 5.82 Å². The number of hydrogen-bond acceptors (Lipinski definition) is 5. The summed E-state index contributed by atoms with van der Waals surface area (Å²) in [5.41, 5.74) is 0.0882. The van der Waals surface area contributed by atoms with Crippen LogP contribution < -0.4 is 5.32 Å². The third-order valence-corrected chi connectivity index (χ3v) is 2.56. The van der Waals surface area contributed by atoms with Crippen molar-refractivity contribution in [3.05, 3.63) is 24.3 Å². The van der Waals surface area contributed by atoms with Gasteiger partial charge in [0, 0.05) is 11.9 Å². The molecule has 108 valence electrons. The highest BCUT2D eigenvalue weighted by atomic mass is 16.6. The quantitative estimate of drug-likeness (QED) is 0.899. The third kappa shape index (κ3) is 3.08. The van der Waals surface area contributed by atoms with Crippen LogP contribution in [0.15, 0.2) is 24.3 Å². The number of carbonyl (C=O) groups excluding carboxylic acids is 1. The van der Waals surface area contributed by atoms with Crippen molar-refractivity contribution in [2.75, 3.05) is 18.5 Å². The van der Waals surface area contributed by atoms with Crippen LogP contribution in [0.4, 0.5) is 10.6 Å². The van der Waals surface area contributed by atoms with Gasteiger partial charge in [-0.25, -0.2) is 4.79 Å². The van der Waals surface area contributed by atoms with Gasteiger partial charge in [-0.3, -0.25) is 0 Å². The van der Waals surface area contributed by atoms with Crippen LogP contribution >= 0.6 is 0 Å². The SMILES string of the molecule is CC(C)(C)OC(=O)n1nc(NCCO)c2ccccc21. The van der Waals surface area contributed by atoms with E-state index in [9.17, 15) is 4.79 Å². The minimum Gasteiger partial charge on any atom is -0.442 e. The van der Waals surface area contributed by atoms with Crippen molar-refractivity contribution in [3.8, 4) is 0 Å². The summed E-state index contributed by atoms with van der Waals surface area (Å²) >= 11 is 0. The Morgan fingerprint density at radius 2 is 2.10 bits per heavy atom. The fraction of sp³-hybridized carbons (Fsp3) is 0.429. The molecule has 6 heteroatoms. The second-order valence-corrected chi connectivity index (χ2v) is 5.41. The second-order valence-electron chi connectivity index (χ2n) is 5.41. The molecule has 20 heavy (non-hydrogen) atoms. The lowest BCUT2D eigenvalue weighted by Crippen LogP contribution is -2.27. The number of benzene rings is 1. The molecule has 0 aliphatic heterocycles. The van der Waals surface area contributed by atoms with Gasteiger partial charge < -0.3 is 15.2 Å². The first-order valence-electron chi connectivity index (χ1n) is 6.48. The molecular weight excluding hydrogens is 258 g/mol. The number of aliphatic hydroxyl groups is 1. The molecule has 2 aromatic rings. The molecule has 0 saturated heterocycles. The van der Waals surface area contributed by atoms with Crippen LogP contribution in [0.3, 0.4) is 0 Å². The van der Waals surface area contributed by atoms with Crippen LogP contribution in [-0.4, -0.2) is 39.7 Å². The largest absolute Gasteiger partial charge is 0.442 e. The Kier molecular flexibility index (Phi) is 3.94. The van der Waals surface area contributed by atoms with Crippen LogP contribution in [0, 0.1) is 0 Å². The van der Waals surface area contributed by atoms with Gasteiger partial charge in [-0.1, -0.05) is 12.1 Å². The standard InChI is InChI=1S/C14H19N3O3/c1-14(2,3)20-13(19)17-11-7-5-4-6-10(11)12(16-17)15-8-9-18/h4-7,18H,8-9H2,1-3H3,(H,15,16). The van der Waals surface area contributed by atoms with E-state index in [0.717, 1.165) is 5.39 Å². The van der Waals surface area contributed by atoms with Crippen LogP contribution in [0.2, 0.25) is 0 Å². The van der Waals surface area contributed by atoms with Gasteiger partial charge in [-0.15, -0.1) is 5.10 Å². The number of nitrogens with one attached hydrogen (secondary N) is 1. The number of aromatic nitrogens is 2. The lowest BCUT2D eigenvalue weighted by Gasteiger charge is -2.19. The minimum absolute atomic E-state index is 0.00632.